The van der Waals surface area contributed by atoms with Gasteiger partial charge in [0.15, 0.2) is 0 Å². The number of rotatable bonds is 0. The summed E-state index contributed by atoms with van der Waals surface area (Å²) in [6.45, 7) is 3.14. The molecule has 0 N–H and O–H groups in total. The second kappa shape index (κ2) is 31.0. The average Bonchev–Trinajstić information content (AvgIpc) is 1.46. The Bertz CT molecular complexity index is 14.4. The van der Waals surface area contributed by atoms with Crippen LogP contribution in [0.15, 0.2) is 12.6 Å². The van der Waals surface area contributed by atoms with E-state index in [2.05, 4.69) is 27.1 Å². The van der Waals surface area contributed by atoms with Crippen LogP contribution in [-0.2, 0) is 0 Å². The van der Waals surface area contributed by atoms with Gasteiger partial charge in [-0.15, -0.1) is 12.6 Å². The van der Waals surface area contributed by atoms with Crippen molar-refractivity contribution in [2.24, 2.45) is 0 Å². The normalized spacial score (nSPS) is 3.60. The Morgan fingerprint density at radius 1 is 1.80 bits per heavy atom. The highest BCUT2D eigenvalue weighted by atomic mass is 32.1. The van der Waals surface area contributed by atoms with E-state index in [1.807, 2.05) is 0 Å². The van der Waals surface area contributed by atoms with Crippen LogP contribution in [0.4, 0.5) is 0 Å². The maximum Gasteiger partial charge on any atom is 0.102 e. The molecule has 0 aliphatic heterocycles. The monoisotopic (exact) mass is 86.0 g/mol. The van der Waals surface area contributed by atoms with Crippen LogP contribution in [0.5, 0.6) is 0 Å². The maximum absolute atomic E-state index is 4.61. The molecular formula is C3H7BS. The fourth-order valence-electron chi connectivity index (χ4n) is 0. The van der Waals surface area contributed by atoms with E-state index in [-0.39, 0.29) is 0 Å². The van der Waals surface area contributed by atoms with Crippen LogP contribution >= 0.6 is 12.6 Å². The van der Waals surface area contributed by atoms with Crippen molar-refractivity contribution in [3.05, 3.63) is 12.6 Å². The lowest BCUT2D eigenvalue weighted by atomic mass is 10.2. The summed E-state index contributed by atoms with van der Waals surface area (Å²) in [4.78, 5) is 0. The molecule has 0 aromatic rings. The fourth-order valence-corrected chi connectivity index (χ4v) is 0. The van der Waals surface area contributed by atoms with Crippen LogP contribution in [0.2, 0.25) is 0 Å². The number of hydrogen-bond acceptors (Lipinski definition) is 1. The molecule has 2 radical (unpaired) electrons. The zero-order chi connectivity index (χ0) is 4.71. The summed E-state index contributed by atoms with van der Waals surface area (Å²) in [6, 6.07) is 0. The van der Waals surface area contributed by atoms with Gasteiger partial charge in [-0.05, 0) is 6.26 Å². The van der Waals surface area contributed by atoms with Crippen molar-refractivity contribution < 1.29 is 0 Å². The predicted molar refractivity (Wildman–Crippen MR) is 30.9 cm³/mol. The SMILES string of the molecule is CS.[B]C=C. The van der Waals surface area contributed by atoms with E-state index in [4.69, 9.17) is 0 Å². The summed E-state index contributed by atoms with van der Waals surface area (Å²) in [5.74, 6) is 1.25. The lowest BCUT2D eigenvalue weighted by molar-refractivity contribution is 2.55. The van der Waals surface area contributed by atoms with Crippen LogP contribution in [-0.4, -0.2) is 14.1 Å². The molecule has 0 rings (SSSR count). The van der Waals surface area contributed by atoms with Crippen LogP contribution in [0.25, 0.3) is 0 Å². The average molecular weight is 86.0 g/mol. The summed E-state index contributed by atoms with van der Waals surface area (Å²) in [5, 5.41) is 0. The van der Waals surface area contributed by atoms with Gasteiger partial charge in [0.05, 0.1) is 0 Å². The third-order valence-corrected chi connectivity index (χ3v) is 0. The molecule has 0 saturated carbocycles. The Hall–Kier alpha value is 0.155. The molecule has 0 aromatic carbocycles. The van der Waals surface area contributed by atoms with E-state index >= 15 is 0 Å². The van der Waals surface area contributed by atoms with Crippen molar-refractivity contribution in [1.82, 2.24) is 0 Å². The van der Waals surface area contributed by atoms with Gasteiger partial charge in [0.2, 0.25) is 0 Å². The molecule has 0 bridgehead atoms. The van der Waals surface area contributed by atoms with Crippen molar-refractivity contribution >= 4 is 20.5 Å². The maximum atomic E-state index is 4.61. The summed E-state index contributed by atoms with van der Waals surface area (Å²) in [7, 11) is 4.61. The van der Waals surface area contributed by atoms with Crippen molar-refractivity contribution in [2.45, 2.75) is 0 Å². The molecule has 0 saturated heterocycles. The van der Waals surface area contributed by atoms with Crippen LogP contribution < -0.4 is 0 Å². The standard InChI is InChI=1S/C2H3B.CH4S/c1-2-3;1-2/h2H,1H2;2H,1H3. The Morgan fingerprint density at radius 2 is 1.80 bits per heavy atom. The minimum Gasteiger partial charge on any atom is -0.183 e. The van der Waals surface area contributed by atoms with Gasteiger partial charge in [-0.2, -0.15) is 12.6 Å². The smallest absolute Gasteiger partial charge is 0.102 e. The summed E-state index contributed by atoms with van der Waals surface area (Å²) in [5.41, 5.74) is 0. The van der Waals surface area contributed by atoms with Gasteiger partial charge in [-0.1, -0.05) is 0 Å². The summed E-state index contributed by atoms with van der Waals surface area (Å²) >= 11 is 3.53. The third-order valence-electron chi connectivity index (χ3n) is 0. The lowest BCUT2D eigenvalue weighted by Crippen LogP contribution is -1.29. The van der Waals surface area contributed by atoms with E-state index in [0.717, 1.165) is 0 Å². The predicted octanol–water partition coefficient (Wildman–Crippen LogP) is 0.844. The Balaban J connectivity index is 0. The van der Waals surface area contributed by atoms with Gasteiger partial charge < -0.3 is 0 Å². The first-order chi connectivity index (χ1) is 2.41. The van der Waals surface area contributed by atoms with Crippen LogP contribution in [0.3, 0.4) is 0 Å². The van der Waals surface area contributed by atoms with E-state index in [1.54, 1.807) is 6.26 Å². The Kier molecular flexibility index (Phi) is 55.4. The van der Waals surface area contributed by atoms with Crippen molar-refractivity contribution in [3.63, 3.8) is 0 Å². The minimum atomic E-state index is 1.25. The van der Waals surface area contributed by atoms with Crippen LogP contribution in [0.1, 0.15) is 0 Å². The lowest BCUT2D eigenvalue weighted by Gasteiger charge is -1.29. The molecule has 0 nitrogen and oxygen atoms in total. The number of hydrogen-bond donors (Lipinski definition) is 1. The first kappa shape index (κ1) is 8.94. The highest BCUT2D eigenvalue weighted by molar-refractivity contribution is 7.79. The van der Waals surface area contributed by atoms with Gasteiger partial charge in [0, 0.05) is 0 Å². The highest BCUT2D eigenvalue weighted by Crippen LogP contribution is 1.31. The molecule has 0 aromatic heterocycles. The molecule has 0 amide bonds. The zero-order valence-corrected chi connectivity index (χ0v) is 4.20. The van der Waals surface area contributed by atoms with E-state index in [0.29, 0.717) is 0 Å². The van der Waals surface area contributed by atoms with Gasteiger partial charge >= 0.3 is 0 Å². The summed E-state index contributed by atoms with van der Waals surface area (Å²) < 4.78 is 0. The molecule has 5 heavy (non-hydrogen) atoms. The highest BCUT2D eigenvalue weighted by Gasteiger charge is 1.18. The number of thiol groups is 1. The zero-order valence-electron chi connectivity index (χ0n) is 3.31. The second-order valence-corrected chi connectivity index (χ2v) is 0.236. The molecular weight excluding hydrogens is 78.9 g/mol. The topological polar surface area (TPSA) is 0 Å². The molecule has 0 heterocycles. The van der Waals surface area contributed by atoms with Crippen molar-refractivity contribution in [1.29, 1.82) is 0 Å². The van der Waals surface area contributed by atoms with Crippen molar-refractivity contribution in [3.8, 4) is 0 Å². The molecule has 0 atom stereocenters. The van der Waals surface area contributed by atoms with Gasteiger partial charge in [0.25, 0.3) is 0 Å². The first-order valence-corrected chi connectivity index (χ1v) is 2.08. The second-order valence-electron chi connectivity index (χ2n) is 0.236. The minimum absolute atomic E-state index is 1.25. The van der Waals surface area contributed by atoms with Gasteiger partial charge in [-0.25, -0.2) is 0 Å². The van der Waals surface area contributed by atoms with Crippen molar-refractivity contribution in [2.75, 3.05) is 6.26 Å². The first-order valence-electron chi connectivity index (χ1n) is 1.19. The van der Waals surface area contributed by atoms with Gasteiger partial charge in [-0.3, -0.25) is 0 Å². The molecule has 0 spiro atoms. The third kappa shape index (κ3) is 804. The molecule has 28 valence electrons. The van der Waals surface area contributed by atoms with Crippen LogP contribution in [0, 0.1) is 0 Å². The molecule has 0 aliphatic rings. The molecule has 0 aliphatic carbocycles. The molecule has 0 unspecified atom stereocenters. The van der Waals surface area contributed by atoms with Gasteiger partial charge in [0.1, 0.15) is 7.85 Å². The van der Waals surface area contributed by atoms with E-state index in [1.165, 1.54) is 5.98 Å². The Labute approximate surface area is 40.1 Å². The molecule has 0 fully saturated rings. The fraction of sp³-hybridized carbons (Fsp3) is 0.333. The Morgan fingerprint density at radius 3 is 1.80 bits per heavy atom. The molecule has 2 heteroatoms. The summed E-state index contributed by atoms with van der Waals surface area (Å²) in [6.07, 6.45) is 1.69. The van der Waals surface area contributed by atoms with E-state index in [9.17, 15) is 0 Å². The largest absolute Gasteiger partial charge is 0.183 e. The quantitative estimate of drug-likeness (QED) is 0.327. The van der Waals surface area contributed by atoms with E-state index < -0.39 is 0 Å².